The number of hydrogen-bond acceptors (Lipinski definition) is 8. The molecule has 1 heterocycles. The van der Waals surface area contributed by atoms with Crippen LogP contribution in [0.25, 0.3) is 0 Å². The van der Waals surface area contributed by atoms with Crippen molar-refractivity contribution in [3.05, 3.63) is 85.3 Å². The van der Waals surface area contributed by atoms with E-state index in [9.17, 15) is 32.0 Å². The van der Waals surface area contributed by atoms with Gasteiger partial charge in [-0.1, -0.05) is 11.6 Å². The normalized spacial score (nSPS) is 12.1. The first kappa shape index (κ1) is 26.6. The van der Waals surface area contributed by atoms with Gasteiger partial charge in [-0.3, -0.25) is 23.4 Å². The third-order valence-corrected chi connectivity index (χ3v) is 6.88. The Labute approximate surface area is 208 Å². The number of ether oxygens (including phenoxy) is 1. The number of sulfonamides is 1. The number of aromatic nitrogens is 2. The fraction of sp³-hybridized carbons (Fsp3) is 0.182. The van der Waals surface area contributed by atoms with E-state index in [2.05, 4.69) is 4.72 Å². The van der Waals surface area contributed by atoms with Crippen LogP contribution in [0.1, 0.15) is 27.6 Å². The Bertz CT molecular complexity index is 1600. The number of nitrogens with one attached hydrogen (secondary N) is 1. The van der Waals surface area contributed by atoms with Gasteiger partial charge in [-0.25, -0.2) is 22.4 Å². The quantitative estimate of drug-likeness (QED) is 0.339. The number of hydrogen-bond donors (Lipinski definition) is 2. The number of carbonyl (C=O) groups is 2. The highest BCUT2D eigenvalue weighted by atomic mass is 35.5. The van der Waals surface area contributed by atoms with E-state index in [1.54, 1.807) is 0 Å². The minimum absolute atomic E-state index is 0.0751. The summed E-state index contributed by atoms with van der Waals surface area (Å²) in [6, 6.07) is 7.75. The second-order valence-electron chi connectivity index (χ2n) is 7.63. The van der Waals surface area contributed by atoms with Crippen molar-refractivity contribution in [2.24, 2.45) is 14.1 Å². The molecule has 0 saturated carbocycles. The van der Waals surface area contributed by atoms with Crippen LogP contribution in [0, 0.1) is 5.82 Å². The summed E-state index contributed by atoms with van der Waals surface area (Å²) in [5.74, 6) is -3.10. The first-order chi connectivity index (χ1) is 16.7. The fourth-order valence-corrected chi connectivity index (χ4v) is 4.41. The molecular weight excluding hydrogens is 519 g/mol. The van der Waals surface area contributed by atoms with Crippen LogP contribution in [0.15, 0.2) is 56.9 Å². The highest BCUT2D eigenvalue weighted by Crippen LogP contribution is 2.24. The van der Waals surface area contributed by atoms with Gasteiger partial charge in [0.05, 0.1) is 15.5 Å². The van der Waals surface area contributed by atoms with E-state index in [-0.39, 0.29) is 21.2 Å². The molecule has 3 rings (SSSR count). The smallest absolute Gasteiger partial charge is 0.340 e. The molecule has 1 atom stereocenters. The second kappa shape index (κ2) is 9.95. The van der Waals surface area contributed by atoms with Gasteiger partial charge in [-0.15, -0.1) is 0 Å². The minimum atomic E-state index is -4.21. The van der Waals surface area contributed by atoms with Crippen molar-refractivity contribution < 1.29 is 27.1 Å². The first-order valence-corrected chi connectivity index (χ1v) is 12.0. The molecule has 190 valence electrons. The Morgan fingerprint density at radius 2 is 1.69 bits per heavy atom. The number of esters is 1. The Morgan fingerprint density at radius 1 is 1.08 bits per heavy atom. The molecule has 0 radical (unpaired) electrons. The van der Waals surface area contributed by atoms with Crippen LogP contribution in [-0.4, -0.2) is 35.4 Å². The maximum atomic E-state index is 13.1. The predicted molar refractivity (Wildman–Crippen MR) is 129 cm³/mol. The fourth-order valence-electron chi connectivity index (χ4n) is 3.13. The topological polar surface area (TPSA) is 160 Å². The molecule has 0 spiro atoms. The number of nitrogens with two attached hydrogens (primary N) is 1. The lowest BCUT2D eigenvalue weighted by Crippen LogP contribution is -2.43. The average Bonchev–Trinajstić information content (AvgIpc) is 2.82. The minimum Gasteiger partial charge on any atom is -0.451 e. The van der Waals surface area contributed by atoms with Crippen molar-refractivity contribution in [2.45, 2.75) is 17.9 Å². The van der Waals surface area contributed by atoms with Gasteiger partial charge in [0, 0.05) is 19.8 Å². The van der Waals surface area contributed by atoms with E-state index in [1.807, 2.05) is 0 Å². The molecule has 3 N–H and O–H groups in total. The lowest BCUT2D eigenvalue weighted by molar-refractivity contribution is 0.0318. The van der Waals surface area contributed by atoms with Gasteiger partial charge in [-0.2, -0.15) is 0 Å². The van der Waals surface area contributed by atoms with E-state index in [0.717, 1.165) is 41.9 Å². The van der Waals surface area contributed by atoms with Crippen molar-refractivity contribution in [1.29, 1.82) is 0 Å². The molecule has 0 amide bonds. The van der Waals surface area contributed by atoms with Gasteiger partial charge in [0.15, 0.2) is 6.10 Å². The second-order valence-corrected chi connectivity index (χ2v) is 9.72. The number of Topliss-reactive ketones (excluding diaryl/α,β-unsaturated/α-hetero) is 1. The number of rotatable bonds is 7. The third kappa shape index (κ3) is 5.16. The van der Waals surface area contributed by atoms with E-state index in [1.165, 1.54) is 26.1 Å². The molecule has 2 aromatic carbocycles. The van der Waals surface area contributed by atoms with Crippen LogP contribution in [0.4, 0.5) is 15.9 Å². The monoisotopic (exact) mass is 538 g/mol. The van der Waals surface area contributed by atoms with Gasteiger partial charge < -0.3 is 10.5 Å². The molecule has 0 aliphatic heterocycles. The summed E-state index contributed by atoms with van der Waals surface area (Å²) in [7, 11) is -1.79. The molecule has 11 nitrogen and oxygen atoms in total. The van der Waals surface area contributed by atoms with E-state index >= 15 is 0 Å². The molecule has 14 heteroatoms. The molecular formula is C22H20ClFN4O7S. The number of anilines is 2. The number of ketones is 1. The number of carbonyl (C=O) groups excluding carboxylic acids is 2. The SMILES string of the molecule is CC(OC(=O)c1cc(S(=O)(=O)Nc2ccc(F)cc2)ccc1Cl)C(=O)c1c(N)n(C)c(=O)n(C)c1=O. The summed E-state index contributed by atoms with van der Waals surface area (Å²) < 4.78 is 47.5. The lowest BCUT2D eigenvalue weighted by atomic mass is 10.1. The number of nitrogens with zero attached hydrogens (tertiary/aromatic N) is 2. The Kier molecular flexibility index (Phi) is 7.36. The number of halogens is 2. The molecule has 0 saturated heterocycles. The van der Waals surface area contributed by atoms with Gasteiger partial charge in [0.25, 0.3) is 15.6 Å². The zero-order valence-electron chi connectivity index (χ0n) is 19.1. The molecule has 1 aromatic heterocycles. The molecule has 0 bridgehead atoms. The van der Waals surface area contributed by atoms with Crippen LogP contribution < -0.4 is 21.7 Å². The van der Waals surface area contributed by atoms with Crippen LogP contribution in [-0.2, 0) is 28.9 Å². The maximum Gasteiger partial charge on any atom is 0.340 e. The van der Waals surface area contributed by atoms with Crippen LogP contribution in [0.2, 0.25) is 5.02 Å². The average molecular weight is 539 g/mol. The van der Waals surface area contributed by atoms with E-state index in [4.69, 9.17) is 22.1 Å². The van der Waals surface area contributed by atoms with Crippen molar-refractivity contribution in [1.82, 2.24) is 9.13 Å². The molecule has 0 aliphatic rings. The molecule has 36 heavy (non-hydrogen) atoms. The number of benzene rings is 2. The highest BCUT2D eigenvalue weighted by Gasteiger charge is 2.28. The van der Waals surface area contributed by atoms with Gasteiger partial charge >= 0.3 is 11.7 Å². The summed E-state index contributed by atoms with van der Waals surface area (Å²) in [5, 5.41) is -0.169. The first-order valence-electron chi connectivity index (χ1n) is 10.1. The standard InChI is InChI=1S/C22H20ClFN4O7S/c1-11(18(29)17-19(25)27(2)22(32)28(3)20(17)30)35-21(31)15-10-14(8-9-16(15)23)36(33,34)26-13-6-4-12(24)5-7-13/h4-11,26H,25H2,1-3H3. The van der Waals surface area contributed by atoms with Crippen molar-refractivity contribution >= 4 is 44.9 Å². The zero-order valence-corrected chi connectivity index (χ0v) is 20.7. The van der Waals surface area contributed by atoms with Crippen LogP contribution in [0.3, 0.4) is 0 Å². The predicted octanol–water partition coefficient (Wildman–Crippen LogP) is 1.69. The lowest BCUT2D eigenvalue weighted by Gasteiger charge is -2.16. The Balaban J connectivity index is 1.88. The van der Waals surface area contributed by atoms with E-state index < -0.39 is 56.3 Å². The summed E-state index contributed by atoms with van der Waals surface area (Å²) in [5.41, 5.74) is 3.20. The molecule has 0 aliphatic carbocycles. The Hall–Kier alpha value is -3.97. The highest BCUT2D eigenvalue weighted by molar-refractivity contribution is 7.92. The van der Waals surface area contributed by atoms with Gasteiger partial charge in [-0.05, 0) is 49.4 Å². The molecule has 3 aromatic rings. The summed E-state index contributed by atoms with van der Waals surface area (Å²) in [6.45, 7) is 1.18. The summed E-state index contributed by atoms with van der Waals surface area (Å²) >= 11 is 6.05. The summed E-state index contributed by atoms with van der Waals surface area (Å²) in [4.78, 5) is 49.6. The Morgan fingerprint density at radius 3 is 2.31 bits per heavy atom. The largest absolute Gasteiger partial charge is 0.451 e. The van der Waals surface area contributed by atoms with Gasteiger partial charge in [0.2, 0.25) is 5.78 Å². The van der Waals surface area contributed by atoms with Crippen LogP contribution in [0.5, 0.6) is 0 Å². The maximum absolute atomic E-state index is 13.1. The van der Waals surface area contributed by atoms with Crippen molar-refractivity contribution in [2.75, 3.05) is 10.5 Å². The van der Waals surface area contributed by atoms with Crippen molar-refractivity contribution in [3.63, 3.8) is 0 Å². The third-order valence-electron chi connectivity index (χ3n) is 5.17. The zero-order chi connectivity index (χ0) is 26.9. The van der Waals surface area contributed by atoms with E-state index in [0.29, 0.717) is 4.57 Å². The number of nitrogen functional groups attached to an aromatic ring is 1. The van der Waals surface area contributed by atoms with Gasteiger partial charge in [0.1, 0.15) is 17.2 Å². The molecule has 1 unspecified atom stereocenters. The van der Waals surface area contributed by atoms with Crippen LogP contribution >= 0.6 is 11.6 Å². The molecule has 0 fully saturated rings. The van der Waals surface area contributed by atoms with Crippen molar-refractivity contribution in [3.8, 4) is 0 Å². The summed E-state index contributed by atoms with van der Waals surface area (Å²) in [6.07, 6.45) is -1.54.